The minimum atomic E-state index is -1.54. The molecule has 0 spiro atoms. The molecule has 144 valence electrons. The van der Waals surface area contributed by atoms with Gasteiger partial charge < -0.3 is 15.3 Å². The Bertz CT molecular complexity index is 828. The van der Waals surface area contributed by atoms with Crippen LogP contribution in [0.4, 0.5) is 8.78 Å². The van der Waals surface area contributed by atoms with Gasteiger partial charge in [0.1, 0.15) is 0 Å². The van der Waals surface area contributed by atoms with Crippen LogP contribution in [0.25, 0.3) is 0 Å². The molecule has 1 fully saturated rings. The van der Waals surface area contributed by atoms with Crippen LogP contribution in [0.3, 0.4) is 0 Å². The monoisotopic (exact) mass is 374 g/mol. The van der Waals surface area contributed by atoms with Crippen LogP contribution in [0, 0.1) is 18.6 Å². The van der Waals surface area contributed by atoms with Crippen molar-refractivity contribution in [1.29, 1.82) is 0 Å². The molecule has 1 amide bonds. The predicted molar refractivity (Wildman–Crippen MR) is 98.8 cm³/mol. The highest BCUT2D eigenvalue weighted by molar-refractivity contribution is 5.86. The van der Waals surface area contributed by atoms with Gasteiger partial charge in [-0.05, 0) is 37.0 Å². The molecule has 0 aromatic heterocycles. The molecule has 1 aliphatic heterocycles. The Morgan fingerprint density at radius 3 is 2.67 bits per heavy atom. The van der Waals surface area contributed by atoms with Gasteiger partial charge in [-0.3, -0.25) is 4.79 Å². The molecule has 4 nitrogen and oxygen atoms in total. The third kappa shape index (κ3) is 4.34. The van der Waals surface area contributed by atoms with Crippen molar-refractivity contribution in [2.75, 3.05) is 13.1 Å². The van der Waals surface area contributed by atoms with Crippen LogP contribution in [0.15, 0.2) is 42.5 Å². The number of carbonyl (C=O) groups is 1. The zero-order chi connectivity index (χ0) is 19.4. The number of benzene rings is 2. The lowest BCUT2D eigenvalue weighted by atomic mass is 9.91. The van der Waals surface area contributed by atoms with Gasteiger partial charge in [-0.1, -0.05) is 36.4 Å². The van der Waals surface area contributed by atoms with Crippen molar-refractivity contribution in [1.82, 2.24) is 10.2 Å². The first kappa shape index (κ1) is 19.5. The number of nitrogens with one attached hydrogen (secondary N) is 1. The topological polar surface area (TPSA) is 52.6 Å². The average Bonchev–Trinajstić information content (AvgIpc) is 2.64. The van der Waals surface area contributed by atoms with Gasteiger partial charge in [-0.2, -0.15) is 0 Å². The van der Waals surface area contributed by atoms with E-state index in [0.717, 1.165) is 17.2 Å². The summed E-state index contributed by atoms with van der Waals surface area (Å²) in [6, 6.07) is 11.8. The summed E-state index contributed by atoms with van der Waals surface area (Å²) in [7, 11) is 0. The van der Waals surface area contributed by atoms with Gasteiger partial charge in [-0.15, -0.1) is 0 Å². The number of hydrogen-bond donors (Lipinski definition) is 2. The molecule has 0 aliphatic carbocycles. The summed E-state index contributed by atoms with van der Waals surface area (Å²) in [6.45, 7) is 3.02. The lowest BCUT2D eigenvalue weighted by Gasteiger charge is -2.38. The Hall–Kier alpha value is -2.31. The highest BCUT2D eigenvalue weighted by atomic mass is 19.2. The predicted octanol–water partition coefficient (Wildman–Crippen LogP) is 2.92. The van der Waals surface area contributed by atoms with Gasteiger partial charge in [0.15, 0.2) is 17.2 Å². The Morgan fingerprint density at radius 2 is 1.89 bits per heavy atom. The maximum Gasteiger partial charge on any atom is 0.256 e. The van der Waals surface area contributed by atoms with Crippen LogP contribution in [-0.4, -0.2) is 34.6 Å². The molecule has 27 heavy (non-hydrogen) atoms. The summed E-state index contributed by atoms with van der Waals surface area (Å²) in [5.41, 5.74) is 0.809. The fraction of sp³-hybridized carbons (Fsp3) is 0.381. The van der Waals surface area contributed by atoms with Crippen LogP contribution in [-0.2, 0) is 17.9 Å². The van der Waals surface area contributed by atoms with Crippen LogP contribution in [0.5, 0.6) is 0 Å². The third-order valence-electron chi connectivity index (χ3n) is 5.09. The summed E-state index contributed by atoms with van der Waals surface area (Å²) >= 11 is 0. The highest BCUT2D eigenvalue weighted by Crippen LogP contribution is 2.25. The second-order valence-electron chi connectivity index (χ2n) is 7.10. The lowest BCUT2D eigenvalue weighted by Crippen LogP contribution is -2.57. The third-order valence-corrected chi connectivity index (χ3v) is 5.09. The fourth-order valence-electron chi connectivity index (χ4n) is 3.47. The van der Waals surface area contributed by atoms with E-state index in [9.17, 15) is 18.7 Å². The van der Waals surface area contributed by atoms with Crippen molar-refractivity contribution in [2.24, 2.45) is 0 Å². The van der Waals surface area contributed by atoms with E-state index in [-0.39, 0.29) is 18.7 Å². The maximum atomic E-state index is 13.9. The quantitative estimate of drug-likeness (QED) is 0.818. The molecule has 2 aromatic carbocycles. The number of rotatable bonds is 6. The normalized spacial score (nSPS) is 20.1. The van der Waals surface area contributed by atoms with E-state index in [1.807, 2.05) is 31.2 Å². The molecule has 1 saturated heterocycles. The van der Waals surface area contributed by atoms with E-state index < -0.39 is 23.1 Å². The van der Waals surface area contributed by atoms with E-state index in [1.54, 1.807) is 0 Å². The van der Waals surface area contributed by atoms with Crippen LogP contribution in [0.2, 0.25) is 0 Å². The van der Waals surface area contributed by atoms with E-state index in [2.05, 4.69) is 5.32 Å². The molecule has 1 aliphatic rings. The summed E-state index contributed by atoms with van der Waals surface area (Å²) in [5, 5.41) is 14.0. The van der Waals surface area contributed by atoms with Crippen molar-refractivity contribution in [3.8, 4) is 0 Å². The Morgan fingerprint density at radius 1 is 1.15 bits per heavy atom. The molecular weight excluding hydrogens is 350 g/mol. The number of aliphatic hydroxyl groups is 1. The smallest absolute Gasteiger partial charge is 0.256 e. The summed E-state index contributed by atoms with van der Waals surface area (Å²) < 4.78 is 27.3. The minimum absolute atomic E-state index is 0.0530. The second-order valence-corrected chi connectivity index (χ2v) is 7.10. The maximum absolute atomic E-state index is 13.9. The molecular formula is C21H24F2N2O2. The number of piperidine rings is 1. The van der Waals surface area contributed by atoms with Gasteiger partial charge >= 0.3 is 0 Å². The van der Waals surface area contributed by atoms with Crippen molar-refractivity contribution >= 4 is 5.91 Å². The summed E-state index contributed by atoms with van der Waals surface area (Å²) in [5.74, 6) is -2.33. The molecule has 3 rings (SSSR count). The number of nitrogens with zero attached hydrogens (tertiary/aromatic N) is 1. The van der Waals surface area contributed by atoms with Gasteiger partial charge in [0.2, 0.25) is 0 Å². The zero-order valence-electron chi connectivity index (χ0n) is 15.3. The molecule has 0 radical (unpaired) electrons. The number of halogens is 2. The Kier molecular flexibility index (Phi) is 5.87. The van der Waals surface area contributed by atoms with Crippen molar-refractivity contribution < 1.29 is 18.7 Å². The zero-order valence-corrected chi connectivity index (χ0v) is 15.3. The molecule has 1 atom stereocenters. The van der Waals surface area contributed by atoms with E-state index in [0.29, 0.717) is 25.9 Å². The lowest BCUT2D eigenvalue weighted by molar-refractivity contribution is -0.157. The van der Waals surface area contributed by atoms with Crippen molar-refractivity contribution in [2.45, 2.75) is 38.5 Å². The number of hydrogen-bond acceptors (Lipinski definition) is 3. The standard InChI is InChI=1S/C21H24F2N2O2/c1-15-6-2-3-7-16(15)12-24-14-21(27)10-5-11-25(20(21)26)13-17-8-4-9-18(22)19(17)23/h2-4,6-9,24,27H,5,10-14H2,1H3/t21-/m0/s1. The first-order valence-electron chi connectivity index (χ1n) is 9.10. The van der Waals surface area contributed by atoms with Crippen LogP contribution < -0.4 is 5.32 Å². The SMILES string of the molecule is Cc1ccccc1CNC[C@@]1(O)CCCN(Cc2cccc(F)c2F)C1=O. The largest absolute Gasteiger partial charge is 0.379 e. The molecule has 1 heterocycles. The number of aryl methyl sites for hydroxylation is 1. The number of likely N-dealkylation sites (tertiary alicyclic amines) is 1. The molecule has 0 unspecified atom stereocenters. The van der Waals surface area contributed by atoms with Crippen LogP contribution in [0.1, 0.15) is 29.5 Å². The van der Waals surface area contributed by atoms with E-state index >= 15 is 0 Å². The highest BCUT2D eigenvalue weighted by Gasteiger charge is 2.41. The molecule has 2 N–H and O–H groups in total. The van der Waals surface area contributed by atoms with Gasteiger partial charge in [-0.25, -0.2) is 8.78 Å². The average molecular weight is 374 g/mol. The van der Waals surface area contributed by atoms with E-state index in [1.165, 1.54) is 17.0 Å². The number of amides is 1. The molecule has 6 heteroatoms. The van der Waals surface area contributed by atoms with E-state index in [4.69, 9.17) is 0 Å². The van der Waals surface area contributed by atoms with Gasteiger partial charge in [0.25, 0.3) is 5.91 Å². The van der Waals surface area contributed by atoms with Crippen molar-refractivity contribution in [3.63, 3.8) is 0 Å². The molecule has 0 bridgehead atoms. The van der Waals surface area contributed by atoms with Gasteiger partial charge in [0.05, 0.1) is 0 Å². The van der Waals surface area contributed by atoms with Crippen molar-refractivity contribution in [3.05, 3.63) is 70.8 Å². The Labute approximate surface area is 157 Å². The summed E-state index contributed by atoms with van der Waals surface area (Å²) in [4.78, 5) is 14.2. The fourth-order valence-corrected chi connectivity index (χ4v) is 3.47. The second kappa shape index (κ2) is 8.15. The number of carbonyl (C=O) groups excluding carboxylic acids is 1. The Balaban J connectivity index is 1.64. The first-order valence-corrected chi connectivity index (χ1v) is 9.10. The first-order chi connectivity index (χ1) is 12.9. The van der Waals surface area contributed by atoms with Crippen LogP contribution >= 0.6 is 0 Å². The molecule has 2 aromatic rings. The molecule has 0 saturated carbocycles. The van der Waals surface area contributed by atoms with Gasteiger partial charge in [0, 0.05) is 31.7 Å². The summed E-state index contributed by atoms with van der Waals surface area (Å²) in [6.07, 6.45) is 0.944. The minimum Gasteiger partial charge on any atom is -0.379 e.